The van der Waals surface area contributed by atoms with Crippen LogP contribution >= 0.6 is 0 Å². The molecule has 0 radical (unpaired) electrons. The van der Waals surface area contributed by atoms with Gasteiger partial charge in [-0.3, -0.25) is 9.59 Å². The van der Waals surface area contributed by atoms with Gasteiger partial charge in [-0.15, -0.1) is 0 Å². The normalized spacial score (nSPS) is 12.2. The van der Waals surface area contributed by atoms with Gasteiger partial charge in [0.05, 0.1) is 0 Å². The Morgan fingerprint density at radius 1 is 1.56 bits per heavy atom. The van der Waals surface area contributed by atoms with E-state index in [1.165, 1.54) is 6.07 Å². The molecule has 16 heavy (non-hydrogen) atoms. The summed E-state index contributed by atoms with van der Waals surface area (Å²) in [4.78, 5) is 26.9. The molecule has 1 aromatic heterocycles. The van der Waals surface area contributed by atoms with E-state index >= 15 is 0 Å². The van der Waals surface area contributed by atoms with Crippen molar-refractivity contribution in [2.75, 3.05) is 13.6 Å². The Morgan fingerprint density at radius 3 is 2.81 bits per heavy atom. The third-order valence-electron chi connectivity index (χ3n) is 2.27. The van der Waals surface area contributed by atoms with E-state index in [9.17, 15) is 9.59 Å². The molecule has 3 N–H and O–H groups in total. The molecule has 1 atom stereocenters. The number of amides is 1. The van der Waals surface area contributed by atoms with Crippen LogP contribution < -0.4 is 11.3 Å². The molecule has 0 fully saturated rings. The minimum atomic E-state index is -0.272. The van der Waals surface area contributed by atoms with E-state index in [1.54, 1.807) is 24.1 Å². The Morgan fingerprint density at radius 2 is 2.25 bits per heavy atom. The van der Waals surface area contributed by atoms with Crippen molar-refractivity contribution in [1.82, 2.24) is 9.88 Å². The molecule has 1 aromatic rings. The molecule has 1 amide bonds. The van der Waals surface area contributed by atoms with Crippen molar-refractivity contribution in [3.05, 3.63) is 34.2 Å². The summed E-state index contributed by atoms with van der Waals surface area (Å²) in [5, 5.41) is 0. The van der Waals surface area contributed by atoms with Crippen LogP contribution in [0.2, 0.25) is 0 Å². The van der Waals surface area contributed by atoms with Gasteiger partial charge < -0.3 is 15.6 Å². The molecule has 1 heterocycles. The number of nitrogens with two attached hydrogens (primary N) is 1. The third kappa shape index (κ3) is 3.51. The molecule has 0 aliphatic heterocycles. The van der Waals surface area contributed by atoms with Crippen LogP contribution in [0.1, 0.15) is 23.8 Å². The fourth-order valence-corrected chi connectivity index (χ4v) is 1.28. The number of carbonyl (C=O) groups excluding carboxylic acids is 1. The highest BCUT2D eigenvalue weighted by atomic mass is 16.2. The molecule has 0 saturated carbocycles. The summed E-state index contributed by atoms with van der Waals surface area (Å²) in [6.45, 7) is 2.47. The summed E-state index contributed by atoms with van der Waals surface area (Å²) in [6, 6.07) is 4.58. The first-order chi connectivity index (χ1) is 7.50. The number of nitrogens with zero attached hydrogens (tertiary/aromatic N) is 1. The van der Waals surface area contributed by atoms with Crippen molar-refractivity contribution >= 4 is 5.91 Å². The summed E-state index contributed by atoms with van der Waals surface area (Å²) in [5.74, 6) is -0.196. The number of hydrogen-bond donors (Lipinski definition) is 2. The van der Waals surface area contributed by atoms with Gasteiger partial charge in [0.15, 0.2) is 0 Å². The van der Waals surface area contributed by atoms with Crippen molar-refractivity contribution in [3.63, 3.8) is 0 Å². The maximum atomic E-state index is 11.8. The van der Waals surface area contributed by atoms with E-state index in [-0.39, 0.29) is 17.5 Å². The van der Waals surface area contributed by atoms with Crippen LogP contribution in [0.25, 0.3) is 0 Å². The largest absolute Gasteiger partial charge is 0.340 e. The van der Waals surface area contributed by atoms with Crippen LogP contribution in [-0.4, -0.2) is 35.4 Å². The summed E-state index contributed by atoms with van der Waals surface area (Å²) >= 11 is 0. The molecule has 5 nitrogen and oxygen atoms in total. The molecule has 0 aromatic carbocycles. The molecule has 5 heteroatoms. The third-order valence-corrected chi connectivity index (χ3v) is 2.27. The van der Waals surface area contributed by atoms with Gasteiger partial charge >= 0.3 is 0 Å². The molecule has 0 saturated heterocycles. The first kappa shape index (κ1) is 12.4. The molecule has 0 spiro atoms. The number of carbonyl (C=O) groups is 1. The first-order valence-corrected chi connectivity index (χ1v) is 5.21. The lowest BCUT2D eigenvalue weighted by molar-refractivity contribution is 0.0786. The summed E-state index contributed by atoms with van der Waals surface area (Å²) < 4.78 is 0. The van der Waals surface area contributed by atoms with E-state index in [1.807, 2.05) is 6.92 Å². The molecule has 1 rings (SSSR count). The number of rotatable bonds is 4. The molecule has 88 valence electrons. The fourth-order valence-electron chi connectivity index (χ4n) is 1.28. The summed E-state index contributed by atoms with van der Waals surface area (Å²) in [5.41, 5.74) is 5.64. The van der Waals surface area contributed by atoms with Gasteiger partial charge in [0, 0.05) is 25.7 Å². The van der Waals surface area contributed by atoms with Gasteiger partial charge in [0.2, 0.25) is 5.56 Å². The zero-order valence-electron chi connectivity index (χ0n) is 9.56. The van der Waals surface area contributed by atoms with Gasteiger partial charge in [-0.25, -0.2) is 0 Å². The van der Waals surface area contributed by atoms with Crippen molar-refractivity contribution < 1.29 is 4.79 Å². The topological polar surface area (TPSA) is 79.2 Å². The number of pyridine rings is 1. The van der Waals surface area contributed by atoms with E-state index in [2.05, 4.69) is 4.98 Å². The maximum Gasteiger partial charge on any atom is 0.270 e. The molecule has 0 aliphatic carbocycles. The highest BCUT2D eigenvalue weighted by Crippen LogP contribution is 1.99. The predicted molar refractivity (Wildman–Crippen MR) is 62.3 cm³/mol. The van der Waals surface area contributed by atoms with Crippen LogP contribution in [0.4, 0.5) is 0 Å². The lowest BCUT2D eigenvalue weighted by Gasteiger charge is -2.17. The number of hydrogen-bond acceptors (Lipinski definition) is 3. The van der Waals surface area contributed by atoms with Crippen LogP contribution in [0, 0.1) is 0 Å². The van der Waals surface area contributed by atoms with Crippen LogP contribution in [-0.2, 0) is 0 Å². The Bertz CT molecular complexity index is 412. The first-order valence-electron chi connectivity index (χ1n) is 5.21. The minimum Gasteiger partial charge on any atom is -0.340 e. The van der Waals surface area contributed by atoms with Gasteiger partial charge in [-0.05, 0) is 19.4 Å². The van der Waals surface area contributed by atoms with Crippen LogP contribution in [0.15, 0.2) is 23.0 Å². The second-order valence-corrected chi connectivity index (χ2v) is 3.92. The minimum absolute atomic E-state index is 0.0603. The van der Waals surface area contributed by atoms with Crippen LogP contribution in [0.3, 0.4) is 0 Å². The highest BCUT2D eigenvalue weighted by Gasteiger charge is 2.12. The van der Waals surface area contributed by atoms with Gasteiger partial charge in [-0.1, -0.05) is 6.07 Å². The second-order valence-electron chi connectivity index (χ2n) is 3.92. The van der Waals surface area contributed by atoms with Gasteiger partial charge in [0.25, 0.3) is 5.91 Å². The average molecular weight is 223 g/mol. The monoisotopic (exact) mass is 223 g/mol. The standard InChI is InChI=1S/C11H17N3O2/c1-8(12)6-7-14(2)11(16)9-4-3-5-10(15)13-9/h3-5,8H,6-7,12H2,1-2H3,(H,13,15). The van der Waals surface area contributed by atoms with E-state index in [0.717, 1.165) is 6.42 Å². The number of aromatic amines is 1. The number of aromatic nitrogens is 1. The zero-order valence-corrected chi connectivity index (χ0v) is 9.56. The summed E-state index contributed by atoms with van der Waals surface area (Å²) in [7, 11) is 1.69. The maximum absolute atomic E-state index is 11.8. The Hall–Kier alpha value is -1.62. The van der Waals surface area contributed by atoms with Crippen molar-refractivity contribution in [3.8, 4) is 0 Å². The smallest absolute Gasteiger partial charge is 0.270 e. The number of H-pyrrole nitrogens is 1. The van der Waals surface area contributed by atoms with Gasteiger partial charge in [-0.2, -0.15) is 0 Å². The van der Waals surface area contributed by atoms with Crippen molar-refractivity contribution in [2.24, 2.45) is 5.73 Å². The second kappa shape index (κ2) is 5.46. The Kier molecular flexibility index (Phi) is 4.25. The van der Waals surface area contributed by atoms with E-state index in [4.69, 9.17) is 5.73 Å². The lowest BCUT2D eigenvalue weighted by Crippen LogP contribution is -2.32. The van der Waals surface area contributed by atoms with Crippen molar-refractivity contribution in [2.45, 2.75) is 19.4 Å². The zero-order chi connectivity index (χ0) is 12.1. The van der Waals surface area contributed by atoms with E-state index < -0.39 is 0 Å². The SMILES string of the molecule is CC(N)CCN(C)C(=O)c1cccc(=O)[nH]1. The molecule has 1 unspecified atom stereocenters. The molecular formula is C11H17N3O2. The molecular weight excluding hydrogens is 206 g/mol. The van der Waals surface area contributed by atoms with Crippen molar-refractivity contribution in [1.29, 1.82) is 0 Å². The summed E-state index contributed by atoms with van der Waals surface area (Å²) in [6.07, 6.45) is 0.735. The van der Waals surface area contributed by atoms with Gasteiger partial charge in [0.1, 0.15) is 5.69 Å². The fraction of sp³-hybridized carbons (Fsp3) is 0.455. The Labute approximate surface area is 94.3 Å². The highest BCUT2D eigenvalue weighted by molar-refractivity contribution is 5.91. The Balaban J connectivity index is 2.67. The quantitative estimate of drug-likeness (QED) is 0.764. The van der Waals surface area contributed by atoms with Crippen LogP contribution in [0.5, 0.6) is 0 Å². The number of nitrogens with one attached hydrogen (secondary N) is 1. The lowest BCUT2D eigenvalue weighted by atomic mass is 10.2. The molecule has 0 bridgehead atoms. The molecule has 0 aliphatic rings. The van der Waals surface area contributed by atoms with E-state index in [0.29, 0.717) is 12.2 Å². The average Bonchev–Trinajstić information content (AvgIpc) is 2.24. The predicted octanol–water partition coefficient (Wildman–Crippen LogP) is 0.184.